The molecule has 1 heterocycles. The van der Waals surface area contributed by atoms with Crippen molar-refractivity contribution in [1.29, 1.82) is 0 Å². The van der Waals surface area contributed by atoms with Crippen LogP contribution in [0.4, 0.5) is 37.8 Å². The predicted octanol–water partition coefficient (Wildman–Crippen LogP) is 6.46. The molecular formula is C18H10ClF6N3O. The van der Waals surface area contributed by atoms with Gasteiger partial charge in [0, 0.05) is 11.3 Å². The Kier molecular flexibility index (Phi) is 5.56. The van der Waals surface area contributed by atoms with E-state index in [0.717, 1.165) is 24.3 Å². The molecule has 0 atom stereocenters. The van der Waals surface area contributed by atoms with Gasteiger partial charge in [0.15, 0.2) is 11.0 Å². The summed E-state index contributed by atoms with van der Waals surface area (Å²) in [4.78, 5) is 8.15. The molecule has 152 valence electrons. The van der Waals surface area contributed by atoms with E-state index in [-0.39, 0.29) is 16.7 Å². The van der Waals surface area contributed by atoms with Crippen molar-refractivity contribution in [1.82, 2.24) is 9.97 Å². The Hall–Kier alpha value is -3.01. The molecule has 11 heteroatoms. The fourth-order valence-corrected chi connectivity index (χ4v) is 2.48. The fraction of sp³-hybridized carbons (Fsp3) is 0.111. The van der Waals surface area contributed by atoms with Crippen molar-refractivity contribution in [3.8, 4) is 17.0 Å². The molecule has 0 aliphatic carbocycles. The van der Waals surface area contributed by atoms with Crippen molar-refractivity contribution >= 4 is 23.1 Å². The Morgan fingerprint density at radius 3 is 2.00 bits per heavy atom. The van der Waals surface area contributed by atoms with E-state index >= 15 is 0 Å². The molecule has 4 nitrogen and oxygen atoms in total. The monoisotopic (exact) mass is 433 g/mol. The first kappa shape index (κ1) is 20.7. The van der Waals surface area contributed by atoms with E-state index in [9.17, 15) is 26.3 Å². The number of benzene rings is 2. The van der Waals surface area contributed by atoms with Crippen LogP contribution in [-0.2, 0) is 6.18 Å². The Morgan fingerprint density at radius 1 is 0.862 bits per heavy atom. The van der Waals surface area contributed by atoms with Gasteiger partial charge in [0.05, 0.1) is 17.5 Å². The van der Waals surface area contributed by atoms with Gasteiger partial charge in [-0.3, -0.25) is 0 Å². The molecule has 3 aromatic rings. The van der Waals surface area contributed by atoms with Crippen LogP contribution >= 0.6 is 11.6 Å². The molecule has 0 radical (unpaired) electrons. The second-order valence-corrected chi connectivity index (χ2v) is 6.02. The van der Waals surface area contributed by atoms with Crippen LogP contribution in [0.25, 0.3) is 11.3 Å². The summed E-state index contributed by atoms with van der Waals surface area (Å²) < 4.78 is 78.2. The zero-order chi connectivity index (χ0) is 21.2. The fourth-order valence-electron chi connectivity index (χ4n) is 2.30. The number of nitrogens with one attached hydrogen (secondary N) is 1. The summed E-state index contributed by atoms with van der Waals surface area (Å²) in [6.07, 6.45) is -7.94. The number of aromatic nitrogens is 2. The van der Waals surface area contributed by atoms with Crippen molar-refractivity contribution in [3.05, 3.63) is 65.4 Å². The molecule has 3 rings (SSSR count). The zero-order valence-corrected chi connectivity index (χ0v) is 14.9. The maximum atomic E-state index is 12.6. The standard InChI is InChI=1S/C18H10ClF6N3O/c19-15-16(27-12-5-7-13(8-6-12)29-18(23,24)25)26-9-14(28-15)10-1-3-11(4-2-10)17(20,21)22/h1-9H,(H,26,27). The summed E-state index contributed by atoms with van der Waals surface area (Å²) in [7, 11) is 0. The molecular weight excluding hydrogens is 424 g/mol. The summed E-state index contributed by atoms with van der Waals surface area (Å²) in [6.45, 7) is 0. The third kappa shape index (κ3) is 5.50. The first-order valence-electron chi connectivity index (χ1n) is 7.84. The Labute approximate surface area is 165 Å². The smallest absolute Gasteiger partial charge is 0.406 e. The van der Waals surface area contributed by atoms with Crippen LogP contribution in [0.3, 0.4) is 0 Å². The van der Waals surface area contributed by atoms with Crippen LogP contribution in [-0.4, -0.2) is 16.3 Å². The average Bonchev–Trinajstić information content (AvgIpc) is 2.63. The first-order chi connectivity index (χ1) is 13.5. The van der Waals surface area contributed by atoms with Crippen LogP contribution in [0.5, 0.6) is 5.75 Å². The number of rotatable bonds is 4. The third-order valence-corrected chi connectivity index (χ3v) is 3.85. The van der Waals surface area contributed by atoms with E-state index in [2.05, 4.69) is 20.0 Å². The van der Waals surface area contributed by atoms with Gasteiger partial charge < -0.3 is 10.1 Å². The average molecular weight is 434 g/mol. The summed E-state index contributed by atoms with van der Waals surface area (Å²) in [6, 6.07) is 9.18. The molecule has 1 aromatic heterocycles. The highest BCUT2D eigenvalue weighted by Gasteiger charge is 2.31. The van der Waals surface area contributed by atoms with E-state index in [0.29, 0.717) is 11.3 Å². The summed E-state index contributed by atoms with van der Waals surface area (Å²) in [5, 5.41) is 2.71. The molecule has 0 amide bonds. The normalized spacial score (nSPS) is 12.0. The number of nitrogens with zero attached hydrogens (tertiary/aromatic N) is 2. The van der Waals surface area contributed by atoms with Gasteiger partial charge in [0.1, 0.15) is 5.75 Å². The van der Waals surface area contributed by atoms with Gasteiger partial charge in [-0.25, -0.2) is 9.97 Å². The highest BCUT2D eigenvalue weighted by molar-refractivity contribution is 6.31. The third-order valence-electron chi connectivity index (χ3n) is 3.59. The molecule has 2 aromatic carbocycles. The largest absolute Gasteiger partial charge is 0.573 e. The number of alkyl halides is 6. The molecule has 29 heavy (non-hydrogen) atoms. The number of halogens is 7. The zero-order valence-electron chi connectivity index (χ0n) is 14.1. The van der Waals surface area contributed by atoms with Gasteiger partial charge in [-0.05, 0) is 36.4 Å². The molecule has 0 unspecified atom stereocenters. The number of hydrogen-bond acceptors (Lipinski definition) is 4. The van der Waals surface area contributed by atoms with Crippen molar-refractivity contribution in [2.75, 3.05) is 5.32 Å². The quantitative estimate of drug-likeness (QED) is 0.480. The molecule has 0 saturated heterocycles. The van der Waals surface area contributed by atoms with E-state index in [1.165, 1.54) is 30.5 Å². The second-order valence-electron chi connectivity index (χ2n) is 5.67. The lowest BCUT2D eigenvalue weighted by Gasteiger charge is -2.11. The summed E-state index contributed by atoms with van der Waals surface area (Å²) in [5.41, 5.74) is 0.213. The maximum Gasteiger partial charge on any atom is 0.573 e. The topological polar surface area (TPSA) is 47.0 Å². The van der Waals surface area contributed by atoms with Crippen molar-refractivity contribution in [3.63, 3.8) is 0 Å². The predicted molar refractivity (Wildman–Crippen MR) is 93.9 cm³/mol. The first-order valence-corrected chi connectivity index (χ1v) is 8.22. The van der Waals surface area contributed by atoms with Crippen LogP contribution in [0.2, 0.25) is 5.15 Å². The van der Waals surface area contributed by atoms with Gasteiger partial charge in [-0.15, -0.1) is 13.2 Å². The maximum absolute atomic E-state index is 12.6. The van der Waals surface area contributed by atoms with Crippen molar-refractivity contribution in [2.45, 2.75) is 12.5 Å². The number of hydrogen-bond donors (Lipinski definition) is 1. The lowest BCUT2D eigenvalue weighted by atomic mass is 10.1. The minimum absolute atomic E-state index is 0.0713. The van der Waals surface area contributed by atoms with Crippen LogP contribution < -0.4 is 10.1 Å². The van der Waals surface area contributed by atoms with Crippen molar-refractivity contribution < 1.29 is 31.1 Å². The highest BCUT2D eigenvalue weighted by Crippen LogP contribution is 2.32. The van der Waals surface area contributed by atoms with E-state index in [1.54, 1.807) is 0 Å². The van der Waals surface area contributed by atoms with Crippen LogP contribution in [0.1, 0.15) is 5.56 Å². The van der Waals surface area contributed by atoms with E-state index in [1.807, 2.05) is 0 Å². The minimum atomic E-state index is -4.79. The van der Waals surface area contributed by atoms with Crippen molar-refractivity contribution in [2.24, 2.45) is 0 Å². The molecule has 0 fully saturated rings. The Morgan fingerprint density at radius 2 is 1.48 bits per heavy atom. The van der Waals surface area contributed by atoms with Gasteiger partial charge in [0.2, 0.25) is 0 Å². The highest BCUT2D eigenvalue weighted by atomic mass is 35.5. The lowest BCUT2D eigenvalue weighted by Crippen LogP contribution is -2.16. The lowest BCUT2D eigenvalue weighted by molar-refractivity contribution is -0.274. The van der Waals surface area contributed by atoms with E-state index in [4.69, 9.17) is 11.6 Å². The molecule has 0 aliphatic rings. The Balaban J connectivity index is 1.74. The summed E-state index contributed by atoms with van der Waals surface area (Å²) in [5.74, 6) is -0.273. The molecule has 0 saturated carbocycles. The van der Waals surface area contributed by atoms with Crippen LogP contribution in [0, 0.1) is 0 Å². The van der Waals surface area contributed by atoms with Gasteiger partial charge in [-0.1, -0.05) is 23.7 Å². The summed E-state index contributed by atoms with van der Waals surface area (Å²) >= 11 is 6.06. The Bertz CT molecular complexity index is 988. The molecule has 0 bridgehead atoms. The minimum Gasteiger partial charge on any atom is -0.406 e. The number of anilines is 2. The van der Waals surface area contributed by atoms with Gasteiger partial charge in [0.25, 0.3) is 0 Å². The van der Waals surface area contributed by atoms with Gasteiger partial charge >= 0.3 is 12.5 Å². The molecule has 1 N–H and O–H groups in total. The molecule has 0 spiro atoms. The van der Waals surface area contributed by atoms with E-state index < -0.39 is 23.9 Å². The van der Waals surface area contributed by atoms with Crippen LogP contribution in [0.15, 0.2) is 54.7 Å². The SMILES string of the molecule is FC(F)(F)Oc1ccc(Nc2ncc(-c3ccc(C(F)(F)F)cc3)nc2Cl)cc1. The second kappa shape index (κ2) is 7.78. The number of ether oxygens (including phenoxy) is 1. The molecule has 0 aliphatic heterocycles. The van der Waals surface area contributed by atoms with Gasteiger partial charge in [-0.2, -0.15) is 13.2 Å².